The molecule has 116 valence electrons. The molecule has 0 aromatic carbocycles. The first-order chi connectivity index (χ1) is 10.2. The number of fused-ring (bicyclic) bond motifs is 2. The van der Waals surface area contributed by atoms with E-state index in [2.05, 4.69) is 14.9 Å². The molecule has 1 aromatic rings. The molecule has 2 saturated carbocycles. The second kappa shape index (κ2) is 6.18. The van der Waals surface area contributed by atoms with Gasteiger partial charge in [-0.25, -0.2) is 4.98 Å². The van der Waals surface area contributed by atoms with Crippen LogP contribution < -0.4 is 5.32 Å². The molecular weight excluding hydrogens is 266 g/mol. The van der Waals surface area contributed by atoms with Crippen LogP contribution in [-0.2, 0) is 11.3 Å². The monoisotopic (exact) mass is 291 g/mol. The first-order valence-corrected chi connectivity index (χ1v) is 8.07. The summed E-state index contributed by atoms with van der Waals surface area (Å²) >= 11 is 0. The van der Waals surface area contributed by atoms with Crippen LogP contribution in [0.1, 0.15) is 37.9 Å². The second-order valence-corrected chi connectivity index (χ2v) is 6.54. The van der Waals surface area contributed by atoms with Crippen molar-refractivity contribution in [1.82, 2.24) is 14.9 Å². The number of carbonyl (C=O) groups excluding carboxylic acids is 1. The third-order valence-corrected chi connectivity index (χ3v) is 5.35. The van der Waals surface area contributed by atoms with Crippen LogP contribution in [-0.4, -0.2) is 33.2 Å². The van der Waals surface area contributed by atoms with Crippen molar-refractivity contribution in [2.45, 2.75) is 51.6 Å². The van der Waals surface area contributed by atoms with Gasteiger partial charge in [0.2, 0.25) is 5.91 Å². The average Bonchev–Trinajstić information content (AvgIpc) is 3.16. The summed E-state index contributed by atoms with van der Waals surface area (Å²) in [4.78, 5) is 16.3. The lowest BCUT2D eigenvalue weighted by Gasteiger charge is -2.30. The van der Waals surface area contributed by atoms with Crippen LogP contribution in [0.25, 0.3) is 0 Å². The fourth-order valence-electron chi connectivity index (χ4n) is 4.21. The van der Waals surface area contributed by atoms with Gasteiger partial charge in [0.25, 0.3) is 0 Å². The Morgan fingerprint density at radius 3 is 3.00 bits per heavy atom. The van der Waals surface area contributed by atoms with Crippen molar-refractivity contribution >= 4 is 5.91 Å². The van der Waals surface area contributed by atoms with Crippen molar-refractivity contribution in [2.24, 2.45) is 17.8 Å². The Balaban J connectivity index is 1.45. The van der Waals surface area contributed by atoms with Gasteiger partial charge in [-0.3, -0.25) is 4.79 Å². The second-order valence-electron chi connectivity index (χ2n) is 6.54. The molecule has 0 aliphatic heterocycles. The minimum atomic E-state index is 0.128. The molecule has 4 atom stereocenters. The Morgan fingerprint density at radius 1 is 1.48 bits per heavy atom. The van der Waals surface area contributed by atoms with Crippen LogP contribution in [0.2, 0.25) is 0 Å². The fourth-order valence-corrected chi connectivity index (χ4v) is 4.21. The van der Waals surface area contributed by atoms with Gasteiger partial charge in [0.1, 0.15) is 5.82 Å². The predicted molar refractivity (Wildman–Crippen MR) is 79.5 cm³/mol. The Bertz CT molecular complexity index is 499. The fraction of sp³-hybridized carbons (Fsp3) is 0.750. The van der Waals surface area contributed by atoms with Crippen LogP contribution in [0, 0.1) is 24.7 Å². The van der Waals surface area contributed by atoms with E-state index < -0.39 is 0 Å². The van der Waals surface area contributed by atoms with Gasteiger partial charge < -0.3 is 15.0 Å². The Kier molecular flexibility index (Phi) is 4.29. The lowest BCUT2D eigenvalue weighted by Crippen LogP contribution is -2.45. The normalized spacial score (nSPS) is 30.8. The van der Waals surface area contributed by atoms with Crippen molar-refractivity contribution in [3.8, 4) is 0 Å². The summed E-state index contributed by atoms with van der Waals surface area (Å²) in [6, 6.07) is 0.205. The highest BCUT2D eigenvalue weighted by atomic mass is 16.3. The number of nitrogens with one attached hydrogen (secondary N) is 1. The molecule has 21 heavy (non-hydrogen) atoms. The number of nitrogens with zero attached hydrogens (tertiary/aromatic N) is 2. The standard InChI is InChI=1S/C16H25N3O2/c1-11-17-6-8-19(11)7-2-3-15(21)18-16-13-5-4-12(9-13)14(16)10-20/h6,8,12-14,16,20H,2-5,7,9-10H2,1H3,(H,18,21). The van der Waals surface area contributed by atoms with E-state index in [1.165, 1.54) is 19.3 Å². The van der Waals surface area contributed by atoms with Crippen molar-refractivity contribution in [2.75, 3.05) is 6.61 Å². The summed E-state index contributed by atoms with van der Waals surface area (Å²) in [5, 5.41) is 12.7. The van der Waals surface area contributed by atoms with Crippen LogP contribution in [0.5, 0.6) is 0 Å². The molecule has 2 aliphatic carbocycles. The van der Waals surface area contributed by atoms with Gasteiger partial charge in [0.15, 0.2) is 0 Å². The van der Waals surface area contributed by atoms with E-state index in [0.29, 0.717) is 18.3 Å². The number of hydrogen-bond donors (Lipinski definition) is 2. The number of aliphatic hydroxyl groups is 1. The molecule has 3 rings (SSSR count). The lowest BCUT2D eigenvalue weighted by atomic mass is 9.85. The van der Waals surface area contributed by atoms with E-state index in [1.807, 2.05) is 13.1 Å². The maximum atomic E-state index is 12.1. The van der Waals surface area contributed by atoms with Crippen LogP contribution in [0.15, 0.2) is 12.4 Å². The topological polar surface area (TPSA) is 67.2 Å². The third kappa shape index (κ3) is 2.98. The molecule has 5 nitrogen and oxygen atoms in total. The number of rotatable bonds is 6. The van der Waals surface area contributed by atoms with Crippen LogP contribution in [0.4, 0.5) is 0 Å². The number of amides is 1. The summed E-state index contributed by atoms with van der Waals surface area (Å²) in [5.41, 5.74) is 0. The highest BCUT2D eigenvalue weighted by molar-refractivity contribution is 5.76. The molecule has 2 fully saturated rings. The smallest absolute Gasteiger partial charge is 0.220 e. The molecule has 1 amide bonds. The molecular formula is C16H25N3O2. The van der Waals surface area contributed by atoms with Gasteiger partial charge in [-0.2, -0.15) is 0 Å². The molecule has 4 unspecified atom stereocenters. The minimum absolute atomic E-state index is 0.128. The quantitative estimate of drug-likeness (QED) is 0.834. The van der Waals surface area contributed by atoms with Crippen molar-refractivity contribution < 1.29 is 9.90 Å². The Hall–Kier alpha value is -1.36. The molecule has 0 saturated heterocycles. The summed E-state index contributed by atoms with van der Waals surface area (Å²) in [7, 11) is 0. The Labute approximate surface area is 125 Å². The van der Waals surface area contributed by atoms with E-state index in [0.717, 1.165) is 18.8 Å². The zero-order valence-electron chi connectivity index (χ0n) is 12.7. The zero-order chi connectivity index (χ0) is 14.8. The number of aryl methyl sites for hydroxylation is 2. The largest absolute Gasteiger partial charge is 0.396 e. The number of aliphatic hydroxyl groups excluding tert-OH is 1. The molecule has 5 heteroatoms. The van der Waals surface area contributed by atoms with Crippen molar-refractivity contribution in [3.05, 3.63) is 18.2 Å². The number of aromatic nitrogens is 2. The molecule has 2 bridgehead atoms. The van der Waals surface area contributed by atoms with Gasteiger partial charge in [-0.05, 0) is 44.4 Å². The summed E-state index contributed by atoms with van der Waals surface area (Å²) in [6.07, 6.45) is 8.73. The van der Waals surface area contributed by atoms with E-state index >= 15 is 0 Å². The molecule has 0 spiro atoms. The SMILES string of the molecule is Cc1nccn1CCCC(=O)NC1C2CCC(C2)C1CO. The number of hydrogen-bond acceptors (Lipinski definition) is 3. The highest BCUT2D eigenvalue weighted by Gasteiger charge is 2.47. The van der Waals surface area contributed by atoms with Gasteiger partial charge in [0, 0.05) is 43.9 Å². The van der Waals surface area contributed by atoms with E-state index in [1.54, 1.807) is 6.20 Å². The maximum Gasteiger partial charge on any atom is 0.220 e. The van der Waals surface area contributed by atoms with Crippen molar-refractivity contribution in [3.63, 3.8) is 0 Å². The zero-order valence-corrected chi connectivity index (χ0v) is 12.7. The van der Waals surface area contributed by atoms with Crippen LogP contribution in [0.3, 0.4) is 0 Å². The maximum absolute atomic E-state index is 12.1. The predicted octanol–water partition coefficient (Wildman–Crippen LogP) is 1.49. The third-order valence-electron chi connectivity index (χ3n) is 5.35. The molecule has 1 aromatic heterocycles. The number of imidazole rings is 1. The molecule has 1 heterocycles. The summed E-state index contributed by atoms with van der Waals surface area (Å²) < 4.78 is 2.07. The summed E-state index contributed by atoms with van der Waals surface area (Å²) in [6.45, 7) is 3.01. The first kappa shape index (κ1) is 14.6. The summed E-state index contributed by atoms with van der Waals surface area (Å²) in [5.74, 6) is 2.61. The highest BCUT2D eigenvalue weighted by Crippen LogP contribution is 2.48. The lowest BCUT2D eigenvalue weighted by molar-refractivity contribution is -0.122. The molecule has 2 N–H and O–H groups in total. The van der Waals surface area contributed by atoms with Gasteiger partial charge in [-0.15, -0.1) is 0 Å². The van der Waals surface area contributed by atoms with Crippen LogP contribution >= 0.6 is 0 Å². The minimum Gasteiger partial charge on any atom is -0.396 e. The average molecular weight is 291 g/mol. The van der Waals surface area contributed by atoms with Gasteiger partial charge in [-0.1, -0.05) is 0 Å². The molecule has 0 radical (unpaired) electrons. The number of carbonyl (C=O) groups is 1. The first-order valence-electron chi connectivity index (χ1n) is 8.07. The van der Waals surface area contributed by atoms with Gasteiger partial charge >= 0.3 is 0 Å². The van der Waals surface area contributed by atoms with E-state index in [-0.39, 0.29) is 24.5 Å². The van der Waals surface area contributed by atoms with E-state index in [4.69, 9.17) is 0 Å². The van der Waals surface area contributed by atoms with Crippen molar-refractivity contribution in [1.29, 1.82) is 0 Å². The molecule has 2 aliphatic rings. The Morgan fingerprint density at radius 2 is 2.29 bits per heavy atom. The van der Waals surface area contributed by atoms with Gasteiger partial charge in [0.05, 0.1) is 0 Å². The van der Waals surface area contributed by atoms with E-state index in [9.17, 15) is 9.90 Å².